The van der Waals surface area contributed by atoms with Crippen LogP contribution in [0.25, 0.3) is 0 Å². The lowest BCUT2D eigenvalue weighted by atomic mass is 9.92. The van der Waals surface area contributed by atoms with Gasteiger partial charge in [-0.2, -0.15) is 0 Å². The van der Waals surface area contributed by atoms with Crippen LogP contribution in [0.5, 0.6) is 0 Å². The molecule has 9 heteroatoms. The first kappa shape index (κ1) is 22.7. The first-order valence-electron chi connectivity index (χ1n) is 9.71. The summed E-state index contributed by atoms with van der Waals surface area (Å²) >= 11 is 2.52. The van der Waals surface area contributed by atoms with Crippen molar-refractivity contribution >= 4 is 34.7 Å². The smallest absolute Gasteiger partial charge is 0.410 e. The van der Waals surface area contributed by atoms with E-state index in [9.17, 15) is 19.8 Å². The number of likely N-dealkylation sites (tertiary alicyclic amines) is 1. The van der Waals surface area contributed by atoms with Crippen molar-refractivity contribution in [2.75, 3.05) is 19.7 Å². The number of nitrogens with zero attached hydrogens (tertiary/aromatic N) is 1. The average molecular weight is 454 g/mol. The zero-order valence-corrected chi connectivity index (χ0v) is 18.9. The van der Waals surface area contributed by atoms with E-state index in [1.807, 2.05) is 0 Å². The molecule has 1 fully saturated rings. The molecule has 0 radical (unpaired) electrons. The number of aliphatic hydroxyl groups is 2. The van der Waals surface area contributed by atoms with Crippen molar-refractivity contribution in [2.24, 2.45) is 0 Å². The molecule has 1 amide bonds. The fourth-order valence-corrected chi connectivity index (χ4v) is 4.89. The fraction of sp³-hybridized carbons (Fsp3) is 0.524. The minimum absolute atomic E-state index is 0.246. The van der Waals surface area contributed by atoms with E-state index in [0.717, 1.165) is 0 Å². The van der Waals surface area contributed by atoms with Gasteiger partial charge >= 0.3 is 12.1 Å². The molecule has 1 saturated heterocycles. The summed E-state index contributed by atoms with van der Waals surface area (Å²) in [6.07, 6.45) is 0.0673. The molecule has 1 aliphatic rings. The van der Waals surface area contributed by atoms with Crippen LogP contribution < -0.4 is 0 Å². The molecule has 0 spiro atoms. The highest BCUT2D eigenvalue weighted by Crippen LogP contribution is 2.37. The molecule has 3 heterocycles. The molecule has 3 rings (SSSR count). The van der Waals surface area contributed by atoms with Gasteiger partial charge < -0.3 is 24.6 Å². The maximum atomic E-state index is 12.9. The van der Waals surface area contributed by atoms with E-state index in [1.165, 1.54) is 27.6 Å². The lowest BCUT2D eigenvalue weighted by Crippen LogP contribution is -2.51. The Kier molecular flexibility index (Phi) is 6.57. The highest BCUT2D eigenvalue weighted by atomic mass is 32.1. The van der Waals surface area contributed by atoms with E-state index >= 15 is 0 Å². The van der Waals surface area contributed by atoms with Crippen LogP contribution in [-0.2, 0) is 19.9 Å². The van der Waals surface area contributed by atoms with E-state index in [4.69, 9.17) is 9.47 Å². The average Bonchev–Trinajstić information content (AvgIpc) is 3.38. The lowest BCUT2D eigenvalue weighted by Gasteiger charge is -2.38. The number of rotatable bonds is 5. The number of hydrogen-bond donors (Lipinski definition) is 2. The summed E-state index contributed by atoms with van der Waals surface area (Å²) in [5.74, 6) is -0.824. The zero-order chi connectivity index (χ0) is 22.0. The summed E-state index contributed by atoms with van der Waals surface area (Å²) < 4.78 is 10.8. The Balaban J connectivity index is 1.62. The number of carbonyl (C=O) groups excluding carboxylic acids is 2. The van der Waals surface area contributed by atoms with Crippen molar-refractivity contribution < 1.29 is 29.3 Å². The van der Waals surface area contributed by atoms with Crippen LogP contribution >= 0.6 is 22.7 Å². The molecule has 0 saturated carbocycles. The minimum Gasteiger partial charge on any atom is -0.460 e. The van der Waals surface area contributed by atoms with Gasteiger partial charge in [-0.25, -0.2) is 9.59 Å². The second kappa shape index (κ2) is 8.66. The van der Waals surface area contributed by atoms with Gasteiger partial charge in [0.2, 0.25) is 5.60 Å². The number of piperidine rings is 1. The van der Waals surface area contributed by atoms with Crippen LogP contribution in [0.4, 0.5) is 4.79 Å². The Bertz CT molecular complexity index is 814. The molecular weight excluding hydrogens is 426 g/mol. The van der Waals surface area contributed by atoms with Crippen molar-refractivity contribution in [2.45, 2.75) is 50.4 Å². The topological polar surface area (TPSA) is 96.3 Å². The Labute approximate surface area is 183 Å². The lowest BCUT2D eigenvalue weighted by molar-refractivity contribution is -0.171. The van der Waals surface area contributed by atoms with Crippen molar-refractivity contribution in [1.29, 1.82) is 0 Å². The summed E-state index contributed by atoms with van der Waals surface area (Å²) in [5.41, 5.74) is -3.76. The molecule has 0 bridgehead atoms. The van der Waals surface area contributed by atoms with Gasteiger partial charge in [-0.1, -0.05) is 12.1 Å². The molecular formula is C21H27NO6S2. The van der Waals surface area contributed by atoms with Gasteiger partial charge in [-0.05, 0) is 56.5 Å². The number of esters is 1. The maximum Gasteiger partial charge on any atom is 0.410 e. The van der Waals surface area contributed by atoms with E-state index in [0.29, 0.717) is 22.8 Å². The Morgan fingerprint density at radius 1 is 1.10 bits per heavy atom. The molecule has 30 heavy (non-hydrogen) atoms. The molecule has 2 N–H and O–H groups in total. The minimum atomic E-state index is -1.91. The second-order valence-electron chi connectivity index (χ2n) is 8.43. The van der Waals surface area contributed by atoms with Crippen molar-refractivity contribution in [3.05, 3.63) is 44.8 Å². The summed E-state index contributed by atoms with van der Waals surface area (Å²) in [5, 5.41) is 25.6. The molecule has 0 aromatic carbocycles. The van der Waals surface area contributed by atoms with Gasteiger partial charge in [0, 0.05) is 13.1 Å². The third-order valence-electron chi connectivity index (χ3n) is 4.87. The maximum absolute atomic E-state index is 12.9. The molecule has 0 aliphatic carbocycles. The van der Waals surface area contributed by atoms with Gasteiger partial charge in [0.05, 0.1) is 9.75 Å². The third-order valence-corrected chi connectivity index (χ3v) is 6.83. The van der Waals surface area contributed by atoms with Crippen molar-refractivity contribution in [1.82, 2.24) is 4.90 Å². The van der Waals surface area contributed by atoms with E-state index in [-0.39, 0.29) is 19.4 Å². The number of amides is 1. The van der Waals surface area contributed by atoms with E-state index < -0.39 is 28.9 Å². The molecule has 0 unspecified atom stereocenters. The quantitative estimate of drug-likeness (QED) is 0.674. The predicted molar refractivity (Wildman–Crippen MR) is 115 cm³/mol. The van der Waals surface area contributed by atoms with Gasteiger partial charge in [0.15, 0.2) is 0 Å². The Morgan fingerprint density at radius 3 is 2.07 bits per heavy atom. The second-order valence-corrected chi connectivity index (χ2v) is 10.3. The molecule has 7 nitrogen and oxygen atoms in total. The zero-order valence-electron chi connectivity index (χ0n) is 17.3. The highest BCUT2D eigenvalue weighted by Gasteiger charge is 2.45. The van der Waals surface area contributed by atoms with Gasteiger partial charge in [0.25, 0.3) is 0 Å². The first-order valence-corrected chi connectivity index (χ1v) is 11.5. The molecule has 2 aromatic heterocycles. The predicted octanol–water partition coefficient (Wildman–Crippen LogP) is 3.35. The van der Waals surface area contributed by atoms with Crippen LogP contribution in [0, 0.1) is 0 Å². The monoisotopic (exact) mass is 453 g/mol. The van der Waals surface area contributed by atoms with Crippen molar-refractivity contribution in [3.63, 3.8) is 0 Å². The van der Waals surface area contributed by atoms with Crippen LogP contribution in [0.2, 0.25) is 0 Å². The van der Waals surface area contributed by atoms with Gasteiger partial charge in [-0.15, -0.1) is 22.7 Å². The molecule has 1 aliphatic heterocycles. The van der Waals surface area contributed by atoms with E-state index in [2.05, 4.69) is 0 Å². The summed E-state index contributed by atoms with van der Waals surface area (Å²) in [7, 11) is 0. The number of carbonyl (C=O) groups is 2. The number of thiophene rings is 2. The largest absolute Gasteiger partial charge is 0.460 e. The summed E-state index contributed by atoms with van der Waals surface area (Å²) in [4.78, 5) is 27.6. The van der Waals surface area contributed by atoms with Crippen LogP contribution in [0.3, 0.4) is 0 Å². The van der Waals surface area contributed by atoms with Crippen LogP contribution in [0.1, 0.15) is 43.4 Å². The summed E-state index contributed by atoms with van der Waals surface area (Å²) in [6.45, 7) is 5.73. The highest BCUT2D eigenvalue weighted by molar-refractivity contribution is 7.12. The third kappa shape index (κ3) is 5.03. The van der Waals surface area contributed by atoms with Gasteiger partial charge in [-0.3, -0.25) is 0 Å². The van der Waals surface area contributed by atoms with E-state index in [1.54, 1.807) is 55.8 Å². The fourth-order valence-electron chi connectivity index (χ4n) is 3.17. The Hall–Kier alpha value is -1.94. The van der Waals surface area contributed by atoms with Crippen LogP contribution in [-0.4, -0.2) is 58.1 Å². The first-order chi connectivity index (χ1) is 14.0. The number of hydrogen-bond acceptors (Lipinski definition) is 8. The SMILES string of the molecule is CC(C)(C)OC(=O)N1CCC(O)(COC(=O)C(O)(c2cccs2)c2cccs2)CC1. The normalized spacial score (nSPS) is 16.9. The van der Waals surface area contributed by atoms with Crippen LogP contribution in [0.15, 0.2) is 35.0 Å². The molecule has 0 atom stereocenters. The summed E-state index contributed by atoms with van der Waals surface area (Å²) in [6, 6.07) is 6.87. The number of ether oxygens (including phenoxy) is 2. The van der Waals surface area contributed by atoms with Crippen molar-refractivity contribution in [3.8, 4) is 0 Å². The molecule has 164 valence electrons. The molecule has 2 aromatic rings. The van der Waals surface area contributed by atoms with Gasteiger partial charge in [0.1, 0.15) is 17.8 Å². The Morgan fingerprint density at radius 2 is 1.63 bits per heavy atom. The standard InChI is InChI=1S/C21H27NO6S2/c1-19(2,3)28-18(24)22-10-8-20(25,9-11-22)14-27-17(23)21(26,15-6-4-12-29-15)16-7-5-13-30-16/h4-7,12-13,25-26H,8-11,14H2,1-3H3.